The zero-order chi connectivity index (χ0) is 23.7. The number of carbonyl (C=O) groups is 1. The van der Waals surface area contributed by atoms with E-state index in [1.165, 1.54) is 4.31 Å². The highest BCUT2D eigenvalue weighted by Crippen LogP contribution is 2.34. The van der Waals surface area contributed by atoms with Crippen LogP contribution < -0.4 is 5.32 Å². The zero-order valence-electron chi connectivity index (χ0n) is 18.6. The first-order valence-corrected chi connectivity index (χ1v) is 13.4. The van der Waals surface area contributed by atoms with E-state index in [0.29, 0.717) is 23.9 Å². The average molecular weight is 500 g/mol. The highest BCUT2D eigenvalue weighted by Gasteiger charge is 2.37. The predicted octanol–water partition coefficient (Wildman–Crippen LogP) is 4.18. The lowest BCUT2D eigenvalue weighted by molar-refractivity contribution is -0.118. The lowest BCUT2D eigenvalue weighted by Gasteiger charge is -2.34. The van der Waals surface area contributed by atoms with Crippen molar-refractivity contribution in [1.82, 2.24) is 9.29 Å². The molecule has 1 unspecified atom stereocenters. The first-order chi connectivity index (χ1) is 16.4. The van der Waals surface area contributed by atoms with Gasteiger partial charge in [-0.3, -0.25) is 9.78 Å². The lowest BCUT2D eigenvalue weighted by atomic mass is 9.90. The third-order valence-electron chi connectivity index (χ3n) is 6.64. The Bertz CT molecular complexity index is 1320. The van der Waals surface area contributed by atoms with Crippen LogP contribution in [0.15, 0.2) is 54.9 Å². The minimum absolute atomic E-state index is 0.0689. The molecule has 0 saturated carbocycles. The maximum atomic E-state index is 13.5. The van der Waals surface area contributed by atoms with E-state index < -0.39 is 15.9 Å². The highest BCUT2D eigenvalue weighted by molar-refractivity contribution is 7.89. The van der Waals surface area contributed by atoms with Gasteiger partial charge in [-0.2, -0.15) is 4.31 Å². The van der Waals surface area contributed by atoms with Gasteiger partial charge in [0.05, 0.1) is 23.6 Å². The van der Waals surface area contributed by atoms with Gasteiger partial charge >= 0.3 is 0 Å². The Morgan fingerprint density at radius 1 is 1.15 bits per heavy atom. The number of ether oxygens (including phenoxy) is 1. The van der Waals surface area contributed by atoms with Gasteiger partial charge in [0.15, 0.2) is 0 Å². The van der Waals surface area contributed by atoms with E-state index in [0.717, 1.165) is 34.7 Å². The topological polar surface area (TPSA) is 88.6 Å². The van der Waals surface area contributed by atoms with Gasteiger partial charge in [0.2, 0.25) is 15.9 Å². The minimum Gasteiger partial charge on any atom is -0.381 e. The van der Waals surface area contributed by atoms with Gasteiger partial charge in [-0.15, -0.1) is 0 Å². The predicted molar refractivity (Wildman–Crippen MR) is 132 cm³/mol. The van der Waals surface area contributed by atoms with Gasteiger partial charge in [0.1, 0.15) is 0 Å². The minimum atomic E-state index is -3.56. The first-order valence-electron chi connectivity index (χ1n) is 11.4. The summed E-state index contributed by atoms with van der Waals surface area (Å²) in [5.41, 5.74) is 2.15. The summed E-state index contributed by atoms with van der Waals surface area (Å²) in [5, 5.41) is 5.28. The molecule has 2 aliphatic heterocycles. The van der Waals surface area contributed by atoms with Gasteiger partial charge in [-0.1, -0.05) is 41.9 Å². The number of halogens is 1. The lowest BCUT2D eigenvalue weighted by Crippen LogP contribution is -2.44. The Hall–Kier alpha value is -2.52. The number of aromatic nitrogens is 1. The Balaban J connectivity index is 1.44. The molecule has 0 spiro atoms. The molecule has 7 nitrogen and oxygen atoms in total. The second kappa shape index (κ2) is 9.62. The fraction of sp³-hybridized carbons (Fsp3) is 0.360. The summed E-state index contributed by atoms with van der Waals surface area (Å²) in [7, 11) is -3.56. The summed E-state index contributed by atoms with van der Waals surface area (Å²) >= 11 is 6.25. The molecule has 1 amide bonds. The summed E-state index contributed by atoms with van der Waals surface area (Å²) in [6.07, 6.45) is 4.82. The summed E-state index contributed by atoms with van der Waals surface area (Å²) in [6.45, 7) is 1.48. The summed E-state index contributed by atoms with van der Waals surface area (Å²) in [4.78, 5) is 17.8. The van der Waals surface area contributed by atoms with Crippen LogP contribution in [0.4, 0.5) is 5.69 Å². The van der Waals surface area contributed by atoms with Gasteiger partial charge < -0.3 is 10.1 Å². The molecule has 5 rings (SSSR count). The highest BCUT2D eigenvalue weighted by atomic mass is 35.5. The molecule has 178 valence electrons. The molecule has 1 fully saturated rings. The number of pyridine rings is 1. The van der Waals surface area contributed by atoms with Crippen LogP contribution in [0.1, 0.15) is 29.9 Å². The molecule has 1 aromatic heterocycles. The smallest absolute Gasteiger partial charge is 0.233 e. The van der Waals surface area contributed by atoms with Crippen LogP contribution in [0.5, 0.6) is 0 Å². The van der Waals surface area contributed by atoms with Crippen molar-refractivity contribution in [2.24, 2.45) is 5.92 Å². The Labute approximate surface area is 204 Å². The van der Waals surface area contributed by atoms with E-state index in [1.54, 1.807) is 24.5 Å². The third-order valence-corrected chi connectivity index (χ3v) is 8.83. The van der Waals surface area contributed by atoms with Crippen molar-refractivity contribution in [2.45, 2.75) is 25.3 Å². The maximum Gasteiger partial charge on any atom is 0.233 e. The molecule has 2 aromatic carbocycles. The molecule has 2 aliphatic rings. The zero-order valence-corrected chi connectivity index (χ0v) is 20.2. The molecule has 3 heterocycles. The normalized spacial score (nSPS) is 19.6. The summed E-state index contributed by atoms with van der Waals surface area (Å²) in [6, 6.07) is 13.0. The van der Waals surface area contributed by atoms with E-state index in [9.17, 15) is 13.2 Å². The molecule has 0 radical (unpaired) electrons. The van der Waals surface area contributed by atoms with E-state index in [1.807, 2.05) is 30.3 Å². The third kappa shape index (κ3) is 4.81. The van der Waals surface area contributed by atoms with Crippen LogP contribution in [0.25, 0.3) is 10.8 Å². The molecule has 1 N–H and O–H groups in total. The van der Waals surface area contributed by atoms with Crippen LogP contribution in [0.3, 0.4) is 0 Å². The number of carbonyl (C=O) groups excluding carboxylic acids is 1. The van der Waals surface area contributed by atoms with Crippen molar-refractivity contribution < 1.29 is 17.9 Å². The standard InChI is InChI=1S/C25H26ClN3O4S/c26-20-6-5-19-14-29(34(31,32)16-17-7-9-33-10-8-17)15-23(22(19)11-20)25(30)28-24-13-27-12-18-3-1-2-4-21(18)24/h1-6,11-13,17,23H,7-10,14-16H2,(H,28,30). The van der Waals surface area contributed by atoms with Crippen molar-refractivity contribution >= 4 is 44.0 Å². The Kier molecular flexibility index (Phi) is 6.57. The van der Waals surface area contributed by atoms with E-state index in [2.05, 4.69) is 10.3 Å². The van der Waals surface area contributed by atoms with E-state index in [4.69, 9.17) is 16.3 Å². The largest absolute Gasteiger partial charge is 0.381 e. The molecule has 0 bridgehead atoms. The van der Waals surface area contributed by atoms with Crippen LogP contribution in [0, 0.1) is 5.92 Å². The number of anilines is 1. The monoisotopic (exact) mass is 499 g/mol. The molecule has 3 aromatic rings. The van der Waals surface area contributed by atoms with Crippen molar-refractivity contribution in [1.29, 1.82) is 0 Å². The van der Waals surface area contributed by atoms with Crippen LogP contribution in [-0.2, 0) is 26.1 Å². The summed E-state index contributed by atoms with van der Waals surface area (Å²) < 4.78 is 33.5. The number of sulfonamides is 1. The van der Waals surface area contributed by atoms with E-state index in [-0.39, 0.29) is 30.7 Å². The second-order valence-corrected chi connectivity index (χ2v) is 11.4. The average Bonchev–Trinajstić information content (AvgIpc) is 2.84. The molecule has 0 aliphatic carbocycles. The number of nitrogens with zero attached hydrogens (tertiary/aromatic N) is 2. The van der Waals surface area contributed by atoms with Gasteiger partial charge in [-0.05, 0) is 42.0 Å². The number of rotatable bonds is 5. The molecule has 34 heavy (non-hydrogen) atoms. The fourth-order valence-corrected chi connectivity index (χ4v) is 6.81. The SMILES string of the molecule is O=C(Nc1cncc2ccccc12)C1CN(S(=O)(=O)CC2CCOCC2)Cc2ccc(Cl)cc21. The van der Waals surface area contributed by atoms with Gasteiger partial charge in [0, 0.05) is 48.3 Å². The maximum absolute atomic E-state index is 13.5. The van der Waals surface area contributed by atoms with Crippen LogP contribution in [0.2, 0.25) is 5.02 Å². The van der Waals surface area contributed by atoms with Gasteiger partial charge in [0.25, 0.3) is 0 Å². The molecule has 1 atom stereocenters. The number of hydrogen-bond donors (Lipinski definition) is 1. The number of benzene rings is 2. The van der Waals surface area contributed by atoms with Gasteiger partial charge in [-0.25, -0.2) is 8.42 Å². The first kappa shape index (κ1) is 23.2. The van der Waals surface area contributed by atoms with Crippen LogP contribution in [-0.4, -0.2) is 49.1 Å². The quantitative estimate of drug-likeness (QED) is 0.569. The van der Waals surface area contributed by atoms with Crippen molar-refractivity contribution in [3.8, 4) is 0 Å². The van der Waals surface area contributed by atoms with Crippen LogP contribution >= 0.6 is 11.6 Å². The summed E-state index contributed by atoms with van der Waals surface area (Å²) in [5.74, 6) is -0.834. The molecule has 1 saturated heterocycles. The second-order valence-electron chi connectivity index (χ2n) is 8.92. The van der Waals surface area contributed by atoms with Crippen molar-refractivity contribution in [2.75, 3.05) is 30.8 Å². The number of hydrogen-bond acceptors (Lipinski definition) is 5. The molecular weight excluding hydrogens is 474 g/mol. The van der Waals surface area contributed by atoms with Crippen molar-refractivity contribution in [3.05, 3.63) is 71.0 Å². The Morgan fingerprint density at radius 3 is 2.76 bits per heavy atom. The molecule has 9 heteroatoms. The Morgan fingerprint density at radius 2 is 1.94 bits per heavy atom. The van der Waals surface area contributed by atoms with E-state index >= 15 is 0 Å². The fourth-order valence-electron chi connectivity index (χ4n) is 4.78. The number of fused-ring (bicyclic) bond motifs is 2. The molecular formula is C25H26ClN3O4S. The number of nitrogens with one attached hydrogen (secondary N) is 1. The number of amides is 1. The van der Waals surface area contributed by atoms with Crippen molar-refractivity contribution in [3.63, 3.8) is 0 Å².